The van der Waals surface area contributed by atoms with Crippen LogP contribution in [0.2, 0.25) is 0 Å². The summed E-state index contributed by atoms with van der Waals surface area (Å²) in [5.74, 6) is 0. The summed E-state index contributed by atoms with van der Waals surface area (Å²) in [5, 5.41) is 3.08. The number of carbonyl (C=O) groups is 1. The first-order valence-corrected chi connectivity index (χ1v) is 8.08. The fraction of sp³-hybridized carbons (Fsp3) is 0.389. The number of carbonyl (C=O) groups excluding carboxylic acids is 1. The van der Waals surface area contributed by atoms with Crippen molar-refractivity contribution in [3.63, 3.8) is 0 Å². The molecule has 0 unspecified atom stereocenters. The molecule has 6 heteroatoms. The van der Waals surface area contributed by atoms with Crippen LogP contribution in [0.1, 0.15) is 30.6 Å². The average molecular weight is 328 g/mol. The Morgan fingerprint density at radius 2 is 2.17 bits per heavy atom. The molecule has 0 aliphatic heterocycles. The number of ether oxygens (including phenoxy) is 1. The van der Waals surface area contributed by atoms with Crippen molar-refractivity contribution in [2.24, 2.45) is 0 Å². The SMILES string of the molecule is CC[C@H](NC(=O)N(CCOC)Cc1ccccn1)c1cccnc1. The number of amides is 2. The lowest BCUT2D eigenvalue weighted by molar-refractivity contribution is 0.144. The molecule has 0 aliphatic carbocycles. The van der Waals surface area contributed by atoms with E-state index in [-0.39, 0.29) is 12.1 Å². The predicted octanol–water partition coefficient (Wildman–Crippen LogP) is 2.79. The van der Waals surface area contributed by atoms with Crippen molar-refractivity contribution >= 4 is 6.03 Å². The van der Waals surface area contributed by atoms with Crippen molar-refractivity contribution in [3.05, 3.63) is 60.2 Å². The van der Waals surface area contributed by atoms with Gasteiger partial charge in [-0.2, -0.15) is 0 Å². The van der Waals surface area contributed by atoms with Gasteiger partial charge in [-0.25, -0.2) is 4.79 Å². The Kier molecular flexibility index (Phi) is 7.17. The minimum Gasteiger partial charge on any atom is -0.383 e. The molecule has 24 heavy (non-hydrogen) atoms. The first kappa shape index (κ1) is 17.9. The normalized spacial score (nSPS) is 11.8. The molecule has 0 aromatic carbocycles. The van der Waals surface area contributed by atoms with E-state index in [4.69, 9.17) is 4.74 Å². The van der Waals surface area contributed by atoms with Gasteiger partial charge in [0, 0.05) is 32.2 Å². The molecule has 0 bridgehead atoms. The van der Waals surface area contributed by atoms with Crippen molar-refractivity contribution in [1.29, 1.82) is 0 Å². The molecule has 1 N–H and O–H groups in total. The number of rotatable bonds is 8. The molecule has 0 aliphatic rings. The van der Waals surface area contributed by atoms with Crippen LogP contribution < -0.4 is 5.32 Å². The van der Waals surface area contributed by atoms with Crippen molar-refractivity contribution < 1.29 is 9.53 Å². The Morgan fingerprint density at radius 3 is 2.79 bits per heavy atom. The van der Waals surface area contributed by atoms with Gasteiger partial charge in [0.2, 0.25) is 0 Å². The van der Waals surface area contributed by atoms with E-state index < -0.39 is 0 Å². The molecule has 0 fully saturated rings. The van der Waals surface area contributed by atoms with E-state index in [1.807, 2.05) is 37.3 Å². The van der Waals surface area contributed by atoms with Gasteiger partial charge in [-0.15, -0.1) is 0 Å². The van der Waals surface area contributed by atoms with Gasteiger partial charge in [-0.3, -0.25) is 9.97 Å². The third-order valence-corrected chi connectivity index (χ3v) is 3.72. The molecule has 1 atom stereocenters. The minimum atomic E-state index is -0.131. The van der Waals surface area contributed by atoms with Gasteiger partial charge in [0.15, 0.2) is 0 Å². The lowest BCUT2D eigenvalue weighted by Gasteiger charge is -2.26. The van der Waals surface area contributed by atoms with Crippen LogP contribution in [0.4, 0.5) is 4.79 Å². The van der Waals surface area contributed by atoms with E-state index in [2.05, 4.69) is 15.3 Å². The predicted molar refractivity (Wildman–Crippen MR) is 92.3 cm³/mol. The van der Waals surface area contributed by atoms with Crippen molar-refractivity contribution in [2.45, 2.75) is 25.9 Å². The van der Waals surface area contributed by atoms with Gasteiger partial charge in [0.05, 0.1) is 24.9 Å². The van der Waals surface area contributed by atoms with Crippen LogP contribution in [0, 0.1) is 0 Å². The minimum absolute atomic E-state index is 0.0695. The third-order valence-electron chi connectivity index (χ3n) is 3.72. The van der Waals surface area contributed by atoms with Crippen molar-refractivity contribution in [3.8, 4) is 0 Å². The lowest BCUT2D eigenvalue weighted by atomic mass is 10.1. The quantitative estimate of drug-likeness (QED) is 0.809. The zero-order valence-corrected chi connectivity index (χ0v) is 14.2. The van der Waals surface area contributed by atoms with Gasteiger partial charge >= 0.3 is 6.03 Å². The molecule has 2 aromatic heterocycles. The molecule has 0 radical (unpaired) electrons. The number of methoxy groups -OCH3 is 1. The average Bonchev–Trinajstić information content (AvgIpc) is 2.64. The van der Waals surface area contributed by atoms with Crippen LogP contribution in [-0.2, 0) is 11.3 Å². The Hall–Kier alpha value is -2.47. The van der Waals surface area contributed by atoms with Crippen LogP contribution in [-0.4, -0.2) is 41.2 Å². The number of urea groups is 1. The molecule has 2 heterocycles. The van der Waals surface area contributed by atoms with E-state index in [1.54, 1.807) is 30.6 Å². The highest BCUT2D eigenvalue weighted by molar-refractivity contribution is 5.74. The van der Waals surface area contributed by atoms with Gasteiger partial charge in [0.25, 0.3) is 0 Å². The molecule has 0 spiro atoms. The summed E-state index contributed by atoms with van der Waals surface area (Å²) in [6, 6.07) is 9.33. The summed E-state index contributed by atoms with van der Waals surface area (Å²) in [4.78, 5) is 22.8. The summed E-state index contributed by atoms with van der Waals surface area (Å²) in [6.45, 7) is 3.46. The Balaban J connectivity index is 2.05. The van der Waals surface area contributed by atoms with E-state index in [1.165, 1.54) is 0 Å². The number of aromatic nitrogens is 2. The maximum atomic E-state index is 12.7. The highest BCUT2D eigenvalue weighted by atomic mass is 16.5. The summed E-state index contributed by atoms with van der Waals surface area (Å²) < 4.78 is 5.12. The van der Waals surface area contributed by atoms with Crippen molar-refractivity contribution in [2.75, 3.05) is 20.3 Å². The second kappa shape index (κ2) is 9.62. The number of nitrogens with one attached hydrogen (secondary N) is 1. The standard InChI is InChI=1S/C18H24N4O2/c1-3-17(15-7-6-9-19-13-15)21-18(23)22(11-12-24-2)14-16-8-4-5-10-20-16/h4-10,13,17H,3,11-12,14H2,1-2H3,(H,21,23)/t17-/m0/s1. The van der Waals surface area contributed by atoms with E-state index in [9.17, 15) is 4.79 Å². The van der Waals surface area contributed by atoms with Crippen LogP contribution in [0.25, 0.3) is 0 Å². The van der Waals surface area contributed by atoms with Gasteiger partial charge in [-0.05, 0) is 30.2 Å². The number of hydrogen-bond donors (Lipinski definition) is 1. The van der Waals surface area contributed by atoms with E-state index >= 15 is 0 Å². The molecule has 2 aromatic rings. The maximum Gasteiger partial charge on any atom is 0.318 e. The second-order valence-electron chi connectivity index (χ2n) is 5.43. The number of pyridine rings is 2. The summed E-state index contributed by atoms with van der Waals surface area (Å²) in [5.41, 5.74) is 1.84. The first-order valence-electron chi connectivity index (χ1n) is 8.08. The molecule has 2 amide bonds. The second-order valence-corrected chi connectivity index (χ2v) is 5.43. The first-order chi connectivity index (χ1) is 11.7. The molecule has 6 nitrogen and oxygen atoms in total. The Morgan fingerprint density at radius 1 is 1.29 bits per heavy atom. The highest BCUT2D eigenvalue weighted by Gasteiger charge is 2.19. The Labute approximate surface area is 142 Å². The van der Waals surface area contributed by atoms with Crippen LogP contribution in [0.3, 0.4) is 0 Å². The maximum absolute atomic E-state index is 12.7. The van der Waals surface area contributed by atoms with Gasteiger partial charge < -0.3 is 15.0 Å². The van der Waals surface area contributed by atoms with E-state index in [0.717, 1.165) is 17.7 Å². The molecular formula is C18H24N4O2. The largest absolute Gasteiger partial charge is 0.383 e. The van der Waals surface area contributed by atoms with Crippen molar-refractivity contribution in [1.82, 2.24) is 20.2 Å². The fourth-order valence-corrected chi connectivity index (χ4v) is 2.38. The summed E-state index contributed by atoms with van der Waals surface area (Å²) in [7, 11) is 1.63. The van der Waals surface area contributed by atoms with Crippen LogP contribution >= 0.6 is 0 Å². The fourth-order valence-electron chi connectivity index (χ4n) is 2.38. The lowest BCUT2D eigenvalue weighted by Crippen LogP contribution is -2.42. The monoisotopic (exact) mass is 328 g/mol. The van der Waals surface area contributed by atoms with Gasteiger partial charge in [0.1, 0.15) is 0 Å². The molecular weight excluding hydrogens is 304 g/mol. The molecule has 128 valence electrons. The zero-order chi connectivity index (χ0) is 17.2. The molecule has 2 rings (SSSR count). The smallest absolute Gasteiger partial charge is 0.318 e. The molecule has 0 saturated carbocycles. The third kappa shape index (κ3) is 5.31. The highest BCUT2D eigenvalue weighted by Crippen LogP contribution is 2.15. The van der Waals surface area contributed by atoms with Gasteiger partial charge in [-0.1, -0.05) is 19.1 Å². The Bertz CT molecular complexity index is 607. The number of nitrogens with zero attached hydrogens (tertiary/aromatic N) is 3. The summed E-state index contributed by atoms with van der Waals surface area (Å²) >= 11 is 0. The summed E-state index contributed by atoms with van der Waals surface area (Å²) in [6.07, 6.45) is 6.03. The van der Waals surface area contributed by atoms with Crippen LogP contribution in [0.5, 0.6) is 0 Å². The number of hydrogen-bond acceptors (Lipinski definition) is 4. The topological polar surface area (TPSA) is 67.4 Å². The zero-order valence-electron chi connectivity index (χ0n) is 14.2. The molecule has 0 saturated heterocycles. The van der Waals surface area contributed by atoms with E-state index in [0.29, 0.717) is 19.7 Å². The van der Waals surface area contributed by atoms with Crippen LogP contribution in [0.15, 0.2) is 48.9 Å².